The van der Waals surface area contributed by atoms with Crippen LogP contribution in [0.4, 0.5) is 0 Å². The number of carbonyl (C=O) groups is 1. The molecule has 0 bridgehead atoms. The van der Waals surface area contributed by atoms with E-state index in [-0.39, 0.29) is 5.91 Å². The second kappa shape index (κ2) is 7.81. The van der Waals surface area contributed by atoms with Gasteiger partial charge in [0.25, 0.3) is 0 Å². The number of rotatable bonds is 7. The van der Waals surface area contributed by atoms with Crippen LogP contribution >= 0.6 is 0 Å². The highest BCUT2D eigenvalue weighted by atomic mass is 16.5. The Labute approximate surface area is 102 Å². The zero-order valence-corrected chi connectivity index (χ0v) is 10.5. The summed E-state index contributed by atoms with van der Waals surface area (Å²) in [5, 5.41) is 5.86. The Morgan fingerprint density at radius 1 is 1.41 bits per heavy atom. The van der Waals surface area contributed by atoms with E-state index >= 15 is 0 Å². The number of benzene rings is 1. The van der Waals surface area contributed by atoms with Gasteiger partial charge in [-0.2, -0.15) is 0 Å². The second-order valence-electron chi connectivity index (χ2n) is 3.94. The normalized spacial score (nSPS) is 10.2. The lowest BCUT2D eigenvalue weighted by Gasteiger charge is -2.07. The summed E-state index contributed by atoms with van der Waals surface area (Å²) in [6, 6.07) is 8.11. The summed E-state index contributed by atoms with van der Waals surface area (Å²) in [6.07, 6.45) is 0. The number of hydrogen-bond donors (Lipinski definition) is 2. The minimum Gasteiger partial charge on any atom is -0.383 e. The number of nitrogens with one attached hydrogen (secondary N) is 2. The molecule has 1 aromatic carbocycles. The van der Waals surface area contributed by atoms with Crippen LogP contribution in [0.15, 0.2) is 24.3 Å². The van der Waals surface area contributed by atoms with E-state index in [4.69, 9.17) is 4.74 Å². The molecule has 0 saturated carbocycles. The minimum absolute atomic E-state index is 0.00242. The number of methoxy groups -OCH3 is 1. The first-order chi connectivity index (χ1) is 8.22. The monoisotopic (exact) mass is 236 g/mol. The Hall–Kier alpha value is -1.39. The Balaban J connectivity index is 2.19. The fraction of sp³-hybridized carbons (Fsp3) is 0.462. The molecule has 0 unspecified atom stereocenters. The maximum absolute atomic E-state index is 11.5. The Bertz CT molecular complexity index is 353. The lowest BCUT2D eigenvalue weighted by molar-refractivity contribution is -0.120. The van der Waals surface area contributed by atoms with Crippen molar-refractivity contribution in [3.63, 3.8) is 0 Å². The van der Waals surface area contributed by atoms with E-state index in [1.54, 1.807) is 7.11 Å². The van der Waals surface area contributed by atoms with Gasteiger partial charge in [-0.3, -0.25) is 4.79 Å². The van der Waals surface area contributed by atoms with Crippen LogP contribution in [0, 0.1) is 6.92 Å². The lowest BCUT2D eigenvalue weighted by Crippen LogP contribution is -2.34. The van der Waals surface area contributed by atoms with Crippen LogP contribution in [0.1, 0.15) is 11.1 Å². The third kappa shape index (κ3) is 6.04. The highest BCUT2D eigenvalue weighted by molar-refractivity contribution is 5.77. The number of aryl methyl sites for hydroxylation is 1. The van der Waals surface area contributed by atoms with Gasteiger partial charge in [-0.1, -0.05) is 29.8 Å². The van der Waals surface area contributed by atoms with Crippen LogP contribution in [-0.2, 0) is 16.1 Å². The topological polar surface area (TPSA) is 50.4 Å². The maximum atomic E-state index is 11.5. The summed E-state index contributed by atoms with van der Waals surface area (Å²) in [5.74, 6) is 0.00242. The van der Waals surface area contributed by atoms with E-state index in [0.29, 0.717) is 26.2 Å². The molecule has 0 aromatic heterocycles. The van der Waals surface area contributed by atoms with E-state index < -0.39 is 0 Å². The zero-order chi connectivity index (χ0) is 12.5. The molecule has 94 valence electrons. The smallest absolute Gasteiger partial charge is 0.234 e. The van der Waals surface area contributed by atoms with Crippen molar-refractivity contribution in [1.29, 1.82) is 0 Å². The molecule has 0 saturated heterocycles. The fourth-order valence-electron chi connectivity index (χ4n) is 1.46. The molecule has 1 amide bonds. The van der Waals surface area contributed by atoms with Crippen molar-refractivity contribution in [1.82, 2.24) is 10.6 Å². The molecule has 17 heavy (non-hydrogen) atoms. The van der Waals surface area contributed by atoms with Crippen LogP contribution in [0.25, 0.3) is 0 Å². The molecule has 0 aliphatic carbocycles. The molecule has 4 heteroatoms. The van der Waals surface area contributed by atoms with Gasteiger partial charge in [0, 0.05) is 20.2 Å². The molecular weight excluding hydrogens is 216 g/mol. The predicted octanol–water partition coefficient (Wildman–Crippen LogP) is 0.847. The van der Waals surface area contributed by atoms with Crippen LogP contribution < -0.4 is 10.6 Å². The minimum atomic E-state index is 0.00242. The first kappa shape index (κ1) is 13.7. The Morgan fingerprint density at radius 2 is 2.24 bits per heavy atom. The number of carbonyl (C=O) groups excluding carboxylic acids is 1. The van der Waals surface area contributed by atoms with Crippen molar-refractivity contribution < 1.29 is 9.53 Å². The van der Waals surface area contributed by atoms with Crippen molar-refractivity contribution in [3.8, 4) is 0 Å². The van der Waals surface area contributed by atoms with E-state index in [2.05, 4.69) is 16.7 Å². The lowest BCUT2D eigenvalue weighted by atomic mass is 10.1. The molecule has 0 spiro atoms. The number of hydrogen-bond acceptors (Lipinski definition) is 3. The van der Waals surface area contributed by atoms with Crippen LogP contribution in [0.2, 0.25) is 0 Å². The van der Waals surface area contributed by atoms with Crippen molar-refractivity contribution in [3.05, 3.63) is 35.4 Å². The predicted molar refractivity (Wildman–Crippen MR) is 67.8 cm³/mol. The molecular formula is C13H20N2O2. The van der Waals surface area contributed by atoms with Gasteiger partial charge >= 0.3 is 0 Å². The van der Waals surface area contributed by atoms with Gasteiger partial charge in [-0.15, -0.1) is 0 Å². The summed E-state index contributed by atoms with van der Waals surface area (Å²) in [7, 11) is 1.64. The molecule has 0 radical (unpaired) electrons. The largest absolute Gasteiger partial charge is 0.383 e. The van der Waals surface area contributed by atoms with E-state index in [9.17, 15) is 4.79 Å². The van der Waals surface area contributed by atoms with E-state index in [0.717, 1.165) is 5.56 Å². The van der Waals surface area contributed by atoms with Crippen LogP contribution in [0.5, 0.6) is 0 Å². The zero-order valence-electron chi connectivity index (χ0n) is 10.5. The molecule has 0 fully saturated rings. The van der Waals surface area contributed by atoms with Gasteiger partial charge in [-0.25, -0.2) is 0 Å². The second-order valence-corrected chi connectivity index (χ2v) is 3.94. The highest BCUT2D eigenvalue weighted by Gasteiger charge is 2.00. The van der Waals surface area contributed by atoms with Crippen molar-refractivity contribution >= 4 is 5.91 Å². The molecule has 2 N–H and O–H groups in total. The quantitative estimate of drug-likeness (QED) is 0.690. The molecule has 0 aliphatic rings. The summed E-state index contributed by atoms with van der Waals surface area (Å²) < 4.78 is 4.87. The van der Waals surface area contributed by atoms with Gasteiger partial charge in [0.1, 0.15) is 0 Å². The van der Waals surface area contributed by atoms with Crippen LogP contribution in [0.3, 0.4) is 0 Å². The molecule has 0 aliphatic heterocycles. The summed E-state index contributed by atoms with van der Waals surface area (Å²) in [4.78, 5) is 11.5. The van der Waals surface area contributed by atoms with Crippen molar-refractivity contribution in [2.45, 2.75) is 13.5 Å². The molecule has 1 rings (SSSR count). The average molecular weight is 236 g/mol. The van der Waals surface area contributed by atoms with Gasteiger partial charge in [0.2, 0.25) is 5.91 Å². The van der Waals surface area contributed by atoms with Crippen molar-refractivity contribution in [2.24, 2.45) is 0 Å². The summed E-state index contributed by atoms with van der Waals surface area (Å²) in [5.41, 5.74) is 2.32. The first-order valence-electron chi connectivity index (χ1n) is 5.74. The van der Waals surface area contributed by atoms with Crippen molar-refractivity contribution in [2.75, 3.05) is 26.8 Å². The summed E-state index contributed by atoms with van der Waals surface area (Å²) >= 11 is 0. The van der Waals surface area contributed by atoms with Gasteiger partial charge in [0.05, 0.1) is 13.2 Å². The third-order valence-electron chi connectivity index (χ3n) is 2.34. The standard InChI is InChI=1S/C13H20N2O2/c1-11-4-3-5-12(8-11)9-15-13(16)10-14-6-7-17-2/h3-5,8,14H,6-7,9-10H2,1-2H3,(H,15,16). The number of ether oxygens (including phenoxy) is 1. The molecule has 1 aromatic rings. The fourth-order valence-corrected chi connectivity index (χ4v) is 1.46. The molecule has 4 nitrogen and oxygen atoms in total. The third-order valence-corrected chi connectivity index (χ3v) is 2.34. The van der Waals surface area contributed by atoms with E-state index in [1.165, 1.54) is 5.56 Å². The van der Waals surface area contributed by atoms with Gasteiger partial charge in [-0.05, 0) is 12.5 Å². The first-order valence-corrected chi connectivity index (χ1v) is 5.74. The number of amides is 1. The van der Waals surface area contributed by atoms with Gasteiger partial charge in [0.15, 0.2) is 0 Å². The highest BCUT2D eigenvalue weighted by Crippen LogP contribution is 2.02. The molecule has 0 heterocycles. The Kier molecular flexibility index (Phi) is 6.29. The van der Waals surface area contributed by atoms with Gasteiger partial charge < -0.3 is 15.4 Å². The molecule has 0 atom stereocenters. The van der Waals surface area contributed by atoms with Crippen LogP contribution in [-0.4, -0.2) is 32.7 Å². The average Bonchev–Trinajstić information content (AvgIpc) is 2.32. The Morgan fingerprint density at radius 3 is 2.94 bits per heavy atom. The van der Waals surface area contributed by atoms with E-state index in [1.807, 2.05) is 25.1 Å². The summed E-state index contributed by atoms with van der Waals surface area (Å²) in [6.45, 7) is 4.25. The maximum Gasteiger partial charge on any atom is 0.234 e. The SMILES string of the molecule is COCCNCC(=O)NCc1cccc(C)c1.